The lowest BCUT2D eigenvalue weighted by Gasteiger charge is -2.39. The van der Waals surface area contributed by atoms with Crippen molar-refractivity contribution in [1.82, 2.24) is 4.98 Å². The van der Waals surface area contributed by atoms with Crippen molar-refractivity contribution in [3.63, 3.8) is 0 Å². The minimum atomic E-state index is 0.397. The van der Waals surface area contributed by atoms with E-state index in [1.165, 1.54) is 12.8 Å². The van der Waals surface area contributed by atoms with Crippen molar-refractivity contribution < 1.29 is 0 Å². The molecule has 2 heterocycles. The molecule has 15 heavy (non-hydrogen) atoms. The summed E-state index contributed by atoms with van der Waals surface area (Å²) in [5.41, 5.74) is 8.26. The topological polar surface area (TPSA) is 42.2 Å². The Morgan fingerprint density at radius 2 is 2.27 bits per heavy atom. The van der Waals surface area contributed by atoms with Crippen LogP contribution in [0.15, 0.2) is 18.5 Å². The van der Waals surface area contributed by atoms with Gasteiger partial charge in [-0.25, -0.2) is 0 Å². The molecule has 1 aromatic rings. The Kier molecular flexibility index (Phi) is 2.55. The molecule has 1 fully saturated rings. The molecular weight excluding hydrogens is 186 g/mol. The lowest BCUT2D eigenvalue weighted by atomic mass is 9.84. The molecule has 2 rings (SSSR count). The molecule has 0 radical (unpaired) electrons. The van der Waals surface area contributed by atoms with E-state index >= 15 is 0 Å². The molecule has 0 unspecified atom stereocenters. The van der Waals surface area contributed by atoms with Gasteiger partial charge in [-0.1, -0.05) is 13.8 Å². The first-order valence-corrected chi connectivity index (χ1v) is 5.53. The normalized spacial score (nSPS) is 20.3. The molecule has 82 valence electrons. The molecule has 1 aliphatic rings. The van der Waals surface area contributed by atoms with E-state index in [0.717, 1.165) is 24.5 Å². The second-order valence-corrected chi connectivity index (χ2v) is 5.12. The van der Waals surface area contributed by atoms with Crippen molar-refractivity contribution in [1.29, 1.82) is 0 Å². The fourth-order valence-corrected chi connectivity index (χ4v) is 2.32. The van der Waals surface area contributed by atoms with Gasteiger partial charge in [0.1, 0.15) is 0 Å². The predicted octanol–water partition coefficient (Wildman–Crippen LogP) is 2.29. The van der Waals surface area contributed by atoms with Gasteiger partial charge < -0.3 is 10.6 Å². The van der Waals surface area contributed by atoms with Gasteiger partial charge in [-0.05, 0) is 24.3 Å². The van der Waals surface area contributed by atoms with Crippen LogP contribution in [-0.4, -0.2) is 18.1 Å². The highest BCUT2D eigenvalue weighted by atomic mass is 15.2. The minimum absolute atomic E-state index is 0.397. The van der Waals surface area contributed by atoms with Crippen molar-refractivity contribution in [2.24, 2.45) is 5.41 Å². The van der Waals surface area contributed by atoms with Crippen molar-refractivity contribution >= 4 is 11.4 Å². The van der Waals surface area contributed by atoms with Crippen LogP contribution in [0.5, 0.6) is 0 Å². The summed E-state index contributed by atoms with van der Waals surface area (Å²) < 4.78 is 0. The summed E-state index contributed by atoms with van der Waals surface area (Å²) in [6, 6.07) is 2.01. The number of nitrogens with zero attached hydrogens (tertiary/aromatic N) is 2. The van der Waals surface area contributed by atoms with Gasteiger partial charge in [0.05, 0.1) is 17.6 Å². The SMILES string of the molecule is CC1(C)CCCN(c2ccncc2N)C1. The Bertz CT molecular complexity index is 346. The monoisotopic (exact) mass is 205 g/mol. The smallest absolute Gasteiger partial charge is 0.0738 e. The molecule has 0 aliphatic carbocycles. The van der Waals surface area contributed by atoms with Crippen molar-refractivity contribution in [3.8, 4) is 0 Å². The third-order valence-corrected chi connectivity index (χ3v) is 3.07. The van der Waals surface area contributed by atoms with Crippen LogP contribution < -0.4 is 10.6 Å². The zero-order valence-corrected chi connectivity index (χ0v) is 9.53. The number of piperidine rings is 1. The van der Waals surface area contributed by atoms with Crippen LogP contribution in [0.25, 0.3) is 0 Å². The van der Waals surface area contributed by atoms with Gasteiger partial charge in [0.15, 0.2) is 0 Å². The minimum Gasteiger partial charge on any atom is -0.396 e. The number of rotatable bonds is 1. The summed E-state index contributed by atoms with van der Waals surface area (Å²) >= 11 is 0. The summed E-state index contributed by atoms with van der Waals surface area (Å²) in [5, 5.41) is 0. The standard InChI is InChI=1S/C12H19N3/c1-12(2)5-3-7-15(9-12)11-4-6-14-8-10(11)13/h4,6,8H,3,5,7,9,13H2,1-2H3. The first-order valence-electron chi connectivity index (χ1n) is 5.53. The van der Waals surface area contributed by atoms with Crippen LogP contribution in [0.4, 0.5) is 11.4 Å². The van der Waals surface area contributed by atoms with Gasteiger partial charge in [-0.15, -0.1) is 0 Å². The average Bonchev–Trinajstić information content (AvgIpc) is 2.17. The van der Waals surface area contributed by atoms with E-state index in [1.807, 2.05) is 12.3 Å². The van der Waals surface area contributed by atoms with E-state index in [0.29, 0.717) is 5.41 Å². The summed E-state index contributed by atoms with van der Waals surface area (Å²) in [5.74, 6) is 0. The molecule has 0 bridgehead atoms. The summed E-state index contributed by atoms with van der Waals surface area (Å²) in [6.07, 6.45) is 6.09. The summed E-state index contributed by atoms with van der Waals surface area (Å²) in [4.78, 5) is 6.40. The fraction of sp³-hybridized carbons (Fsp3) is 0.583. The van der Waals surface area contributed by atoms with Crippen molar-refractivity contribution in [2.75, 3.05) is 23.7 Å². The van der Waals surface area contributed by atoms with Gasteiger partial charge in [-0.3, -0.25) is 4.98 Å². The number of pyridine rings is 1. The Balaban J connectivity index is 2.21. The number of anilines is 2. The maximum atomic E-state index is 5.94. The van der Waals surface area contributed by atoms with Gasteiger partial charge in [0.25, 0.3) is 0 Å². The molecule has 1 saturated heterocycles. The average molecular weight is 205 g/mol. The van der Waals surface area contributed by atoms with E-state index < -0.39 is 0 Å². The highest BCUT2D eigenvalue weighted by Gasteiger charge is 2.27. The number of nitrogen functional groups attached to an aromatic ring is 1. The molecule has 0 saturated carbocycles. The molecular formula is C12H19N3. The van der Waals surface area contributed by atoms with E-state index in [4.69, 9.17) is 5.73 Å². The lowest BCUT2D eigenvalue weighted by Crippen LogP contribution is -2.40. The van der Waals surface area contributed by atoms with E-state index in [9.17, 15) is 0 Å². The van der Waals surface area contributed by atoms with Crippen LogP contribution in [0.2, 0.25) is 0 Å². The fourth-order valence-electron chi connectivity index (χ4n) is 2.32. The molecule has 3 nitrogen and oxygen atoms in total. The van der Waals surface area contributed by atoms with Gasteiger partial charge in [-0.2, -0.15) is 0 Å². The van der Waals surface area contributed by atoms with E-state index in [1.54, 1.807) is 6.20 Å². The van der Waals surface area contributed by atoms with Crippen molar-refractivity contribution in [2.45, 2.75) is 26.7 Å². The van der Waals surface area contributed by atoms with Gasteiger partial charge in [0.2, 0.25) is 0 Å². The second-order valence-electron chi connectivity index (χ2n) is 5.12. The van der Waals surface area contributed by atoms with Crippen LogP contribution in [0.3, 0.4) is 0 Å². The molecule has 0 spiro atoms. The molecule has 0 amide bonds. The summed E-state index contributed by atoms with van der Waals surface area (Å²) in [6.45, 7) is 6.83. The third kappa shape index (κ3) is 2.22. The summed E-state index contributed by atoms with van der Waals surface area (Å²) in [7, 11) is 0. The Labute approximate surface area is 91.3 Å². The first-order chi connectivity index (χ1) is 7.08. The number of nitrogens with two attached hydrogens (primary N) is 1. The van der Waals surface area contributed by atoms with Gasteiger partial charge >= 0.3 is 0 Å². The van der Waals surface area contributed by atoms with Crippen LogP contribution >= 0.6 is 0 Å². The zero-order chi connectivity index (χ0) is 10.9. The zero-order valence-electron chi connectivity index (χ0n) is 9.53. The lowest BCUT2D eigenvalue weighted by molar-refractivity contribution is 0.293. The molecule has 2 N–H and O–H groups in total. The number of aromatic nitrogens is 1. The number of hydrogen-bond acceptors (Lipinski definition) is 3. The maximum Gasteiger partial charge on any atom is 0.0738 e. The first kappa shape index (κ1) is 10.3. The quantitative estimate of drug-likeness (QED) is 0.765. The molecule has 3 heteroatoms. The number of hydrogen-bond donors (Lipinski definition) is 1. The Morgan fingerprint density at radius 3 is 2.93 bits per heavy atom. The van der Waals surface area contributed by atoms with Crippen LogP contribution in [-0.2, 0) is 0 Å². The molecule has 1 aromatic heterocycles. The van der Waals surface area contributed by atoms with E-state index in [-0.39, 0.29) is 0 Å². The molecule has 0 aromatic carbocycles. The predicted molar refractivity (Wildman–Crippen MR) is 63.9 cm³/mol. The van der Waals surface area contributed by atoms with E-state index in [2.05, 4.69) is 23.7 Å². The van der Waals surface area contributed by atoms with Crippen LogP contribution in [0.1, 0.15) is 26.7 Å². The Hall–Kier alpha value is -1.25. The van der Waals surface area contributed by atoms with Crippen LogP contribution in [0, 0.1) is 5.41 Å². The van der Waals surface area contributed by atoms with Crippen molar-refractivity contribution in [3.05, 3.63) is 18.5 Å². The molecule has 1 aliphatic heterocycles. The second kappa shape index (κ2) is 3.72. The van der Waals surface area contributed by atoms with Gasteiger partial charge in [0, 0.05) is 19.3 Å². The highest BCUT2D eigenvalue weighted by molar-refractivity contribution is 5.66. The third-order valence-electron chi connectivity index (χ3n) is 3.07. The maximum absolute atomic E-state index is 5.94. The highest BCUT2D eigenvalue weighted by Crippen LogP contribution is 2.33. The molecule has 0 atom stereocenters. The largest absolute Gasteiger partial charge is 0.396 e. The Morgan fingerprint density at radius 1 is 1.47 bits per heavy atom.